The lowest BCUT2D eigenvalue weighted by Gasteiger charge is -2.44. The Balaban J connectivity index is 1.70. The molecule has 14 nitrogen and oxygen atoms in total. The Morgan fingerprint density at radius 1 is 1.10 bits per heavy atom. The SMILES string of the molecule is CC[C@H]1OC(=O)[C@H](C)C[C@H](C)[C@@H](O[C@H]2C[C@@H](N(C)CC/C([NH3+])=C/N[C@H](CCl)Cc3ccc(S(=O)(=O)N(C)C)cc3)C[C@@H](C)O2)[C@](C)(O)C[C@@H](C)CN(C)[C@H](C)[C@@H](O)[C@]1(C)O. The summed E-state index contributed by atoms with van der Waals surface area (Å²) in [7, 11) is 3.51. The fourth-order valence-corrected chi connectivity index (χ4v) is 10.1. The van der Waals surface area contributed by atoms with Crippen LogP contribution in [0.3, 0.4) is 0 Å². The van der Waals surface area contributed by atoms with Gasteiger partial charge in [-0.15, -0.1) is 11.6 Å². The third-order valence-electron chi connectivity index (χ3n) is 12.7. The summed E-state index contributed by atoms with van der Waals surface area (Å²) in [6, 6.07) is 6.49. The molecule has 0 amide bonds. The van der Waals surface area contributed by atoms with Crippen LogP contribution in [0.2, 0.25) is 0 Å². The van der Waals surface area contributed by atoms with E-state index in [2.05, 4.69) is 29.9 Å². The molecule has 2 fully saturated rings. The molecule has 2 aliphatic heterocycles. The Labute approximate surface area is 366 Å². The van der Waals surface area contributed by atoms with Gasteiger partial charge in [0.05, 0.1) is 34.8 Å². The zero-order valence-corrected chi connectivity index (χ0v) is 40.0. The van der Waals surface area contributed by atoms with Crippen molar-refractivity contribution in [1.82, 2.24) is 19.4 Å². The molecule has 0 bridgehead atoms. The molecule has 2 aliphatic rings. The number of ether oxygens (including phenoxy) is 3. The summed E-state index contributed by atoms with van der Waals surface area (Å²) < 4.78 is 45.2. The van der Waals surface area contributed by atoms with Gasteiger partial charge in [-0.25, -0.2) is 12.7 Å². The van der Waals surface area contributed by atoms with Gasteiger partial charge in [-0.2, -0.15) is 0 Å². The summed E-state index contributed by atoms with van der Waals surface area (Å²) in [6.07, 6.45) is 2.32. The van der Waals surface area contributed by atoms with Gasteiger partial charge in [-0.3, -0.25) is 4.79 Å². The first kappa shape index (κ1) is 52.5. The topological polar surface area (TPSA) is 189 Å². The van der Waals surface area contributed by atoms with Crippen molar-refractivity contribution < 1.29 is 48.5 Å². The average molecular weight is 890 g/mol. The fourth-order valence-electron chi connectivity index (χ4n) is 8.95. The highest BCUT2D eigenvalue weighted by Gasteiger charge is 2.47. The molecule has 3 rings (SSSR count). The van der Waals surface area contributed by atoms with Gasteiger partial charge in [0, 0.05) is 64.0 Å². The van der Waals surface area contributed by atoms with E-state index in [1.807, 2.05) is 58.0 Å². The number of sulfonamides is 1. The van der Waals surface area contributed by atoms with Crippen molar-refractivity contribution in [2.75, 3.05) is 47.2 Å². The number of esters is 1. The van der Waals surface area contributed by atoms with Crippen LogP contribution >= 0.6 is 11.6 Å². The van der Waals surface area contributed by atoms with E-state index in [0.717, 1.165) is 24.2 Å². The third-order valence-corrected chi connectivity index (χ3v) is 14.9. The summed E-state index contributed by atoms with van der Waals surface area (Å²) in [6.45, 7) is 16.2. The largest absolute Gasteiger partial charge is 0.459 e. The molecule has 346 valence electrons. The van der Waals surface area contributed by atoms with Crippen LogP contribution in [0.1, 0.15) is 99.5 Å². The number of cyclic esters (lactones) is 1. The molecule has 2 heterocycles. The minimum atomic E-state index is -3.50. The number of hydrogen-bond donors (Lipinski definition) is 5. The molecule has 13 atom stereocenters. The average Bonchev–Trinajstić information content (AvgIpc) is 3.17. The number of rotatable bonds is 14. The predicted octanol–water partition coefficient (Wildman–Crippen LogP) is 3.57. The van der Waals surface area contributed by atoms with Crippen molar-refractivity contribution in [3.63, 3.8) is 0 Å². The number of hydrogen-bond acceptors (Lipinski definition) is 12. The van der Waals surface area contributed by atoms with E-state index in [4.69, 9.17) is 25.8 Å². The van der Waals surface area contributed by atoms with Gasteiger partial charge in [0.15, 0.2) is 6.29 Å². The van der Waals surface area contributed by atoms with Gasteiger partial charge in [0.25, 0.3) is 0 Å². The van der Waals surface area contributed by atoms with Gasteiger partial charge in [0.2, 0.25) is 10.0 Å². The normalized spacial score (nSPS) is 35.5. The van der Waals surface area contributed by atoms with Gasteiger partial charge >= 0.3 is 5.97 Å². The number of alkyl halides is 1. The van der Waals surface area contributed by atoms with Crippen LogP contribution < -0.4 is 11.1 Å². The second-order valence-corrected chi connectivity index (χ2v) is 21.2. The number of quaternary nitrogens is 1. The van der Waals surface area contributed by atoms with Crippen LogP contribution in [0.15, 0.2) is 41.1 Å². The number of carbonyl (C=O) groups excluding carboxylic acids is 1. The third kappa shape index (κ3) is 14.3. The summed E-state index contributed by atoms with van der Waals surface area (Å²) in [4.78, 5) is 18.0. The second kappa shape index (κ2) is 22.6. The standard InChI is InChI=1S/C44H78ClN5O9S/c1-13-38-44(8,54)40(51)32(6)50(12)27-28(2)24-43(7,53)41(29(3)20-30(4)42(52)58-38)59-39-23-36(21-31(5)57-39)49(11)19-18-34(46)26-47-35(25-45)22-33-14-16-37(17-15-33)60(55,56)48(9)10/h14-17,26,28-32,35-36,38-41,47,51,53-54H,13,18-25,27,46H2,1-12H3/p+1/b34-26-/t28-,29+,30-,31-,32-,35+,36+,38-,39+,40-,41-,43-,44-/m1/s1. The Morgan fingerprint density at radius 2 is 1.73 bits per heavy atom. The molecule has 1 aromatic carbocycles. The summed E-state index contributed by atoms with van der Waals surface area (Å²) in [5, 5.41) is 38.5. The molecule has 7 N–H and O–H groups in total. The first-order valence-electron chi connectivity index (χ1n) is 21.7. The van der Waals surface area contributed by atoms with E-state index in [1.165, 1.54) is 25.3 Å². The zero-order valence-electron chi connectivity index (χ0n) is 38.4. The lowest BCUT2D eigenvalue weighted by atomic mass is 9.79. The van der Waals surface area contributed by atoms with Crippen LogP contribution in [-0.2, 0) is 35.4 Å². The van der Waals surface area contributed by atoms with Gasteiger partial charge in [-0.05, 0) is 103 Å². The number of carbonyl (C=O) groups is 1. The van der Waals surface area contributed by atoms with Crippen LogP contribution in [-0.4, -0.2) is 151 Å². The molecule has 1 aromatic rings. The van der Waals surface area contributed by atoms with Crippen molar-refractivity contribution in [1.29, 1.82) is 0 Å². The molecular weight excluding hydrogens is 810 g/mol. The molecule has 0 aliphatic carbocycles. The minimum absolute atomic E-state index is 0.00439. The maximum Gasteiger partial charge on any atom is 0.309 e. The van der Waals surface area contributed by atoms with E-state index in [0.29, 0.717) is 50.9 Å². The minimum Gasteiger partial charge on any atom is -0.459 e. The number of nitrogens with zero attached hydrogens (tertiary/aromatic N) is 3. The van der Waals surface area contributed by atoms with E-state index < -0.39 is 63.8 Å². The Morgan fingerprint density at radius 3 is 2.32 bits per heavy atom. The molecule has 2 saturated heterocycles. The van der Waals surface area contributed by atoms with Crippen molar-refractivity contribution in [2.45, 2.75) is 165 Å². The van der Waals surface area contributed by atoms with Crippen molar-refractivity contribution >= 4 is 27.6 Å². The fraction of sp³-hybridized carbons (Fsp3) is 0.795. The summed E-state index contributed by atoms with van der Waals surface area (Å²) >= 11 is 6.32. The van der Waals surface area contributed by atoms with Crippen molar-refractivity contribution in [3.8, 4) is 0 Å². The highest BCUT2D eigenvalue weighted by Crippen LogP contribution is 2.36. The maximum absolute atomic E-state index is 13.5. The van der Waals surface area contributed by atoms with E-state index in [1.54, 1.807) is 26.0 Å². The number of aliphatic hydroxyl groups is 3. The molecule has 60 heavy (non-hydrogen) atoms. The highest BCUT2D eigenvalue weighted by molar-refractivity contribution is 7.89. The monoisotopic (exact) mass is 889 g/mol. The molecule has 0 aromatic heterocycles. The number of benzene rings is 1. The first-order chi connectivity index (χ1) is 27.8. The second-order valence-electron chi connectivity index (χ2n) is 18.7. The number of halogens is 1. The molecule has 0 unspecified atom stereocenters. The van der Waals surface area contributed by atoms with E-state index in [-0.39, 0.29) is 34.9 Å². The van der Waals surface area contributed by atoms with Gasteiger partial charge < -0.3 is 50.4 Å². The Bertz CT molecular complexity index is 1630. The van der Waals surface area contributed by atoms with Crippen LogP contribution in [0.25, 0.3) is 0 Å². The number of nitrogens with one attached hydrogen (secondary N) is 1. The van der Waals surface area contributed by atoms with Crippen LogP contribution in [0.4, 0.5) is 0 Å². The zero-order chi connectivity index (χ0) is 45.3. The quantitative estimate of drug-likeness (QED) is 0.135. The Hall–Kier alpha value is -1.89. The maximum atomic E-state index is 13.5. The lowest BCUT2D eigenvalue weighted by Crippen LogP contribution is -2.59. The molecule has 16 heteroatoms. The van der Waals surface area contributed by atoms with Crippen molar-refractivity contribution in [3.05, 3.63) is 41.7 Å². The highest BCUT2D eigenvalue weighted by atomic mass is 35.5. The molecule has 0 spiro atoms. The van der Waals surface area contributed by atoms with Gasteiger partial charge in [-0.1, -0.05) is 39.8 Å². The van der Waals surface area contributed by atoms with Crippen molar-refractivity contribution in [2.24, 2.45) is 17.8 Å². The molecule has 0 radical (unpaired) electrons. The summed E-state index contributed by atoms with van der Waals surface area (Å²) in [5.41, 5.74) is 3.21. The van der Waals surface area contributed by atoms with Crippen LogP contribution in [0.5, 0.6) is 0 Å². The first-order valence-corrected chi connectivity index (χ1v) is 23.7. The van der Waals surface area contributed by atoms with E-state index >= 15 is 0 Å². The van der Waals surface area contributed by atoms with E-state index in [9.17, 15) is 28.5 Å². The summed E-state index contributed by atoms with van der Waals surface area (Å²) in [5.74, 6) is -0.932. The van der Waals surface area contributed by atoms with Crippen LogP contribution in [0, 0.1) is 17.8 Å². The molecule has 0 saturated carbocycles. The number of aliphatic hydroxyl groups excluding tert-OH is 1. The lowest BCUT2D eigenvalue weighted by molar-refractivity contribution is -0.308. The predicted molar refractivity (Wildman–Crippen MR) is 235 cm³/mol. The van der Waals surface area contributed by atoms with Gasteiger partial charge in [0.1, 0.15) is 23.5 Å². The smallest absolute Gasteiger partial charge is 0.309 e. The Kier molecular flexibility index (Phi) is 19.8. The number of likely N-dealkylation sites (N-methyl/N-ethyl adjacent to an activating group) is 1. The molecular formula is C44H79ClN5O9S+.